The molecule has 3 aliphatic rings. The van der Waals surface area contributed by atoms with Crippen molar-refractivity contribution in [2.45, 2.75) is 98.3 Å². The molecule has 0 radical (unpaired) electrons. The Kier molecular flexibility index (Phi) is 15.7. The lowest BCUT2D eigenvalue weighted by atomic mass is 9.56. The van der Waals surface area contributed by atoms with Gasteiger partial charge < -0.3 is 28.4 Å². The largest absolute Gasteiger partial charge is 0.491 e. The lowest BCUT2D eigenvalue weighted by molar-refractivity contribution is -0.146. The summed E-state index contributed by atoms with van der Waals surface area (Å²) in [5, 5.41) is 2.42. The van der Waals surface area contributed by atoms with E-state index in [4.69, 9.17) is 28.4 Å². The van der Waals surface area contributed by atoms with E-state index >= 15 is 0 Å². The number of hydrogen-bond donors (Lipinski definition) is 0. The number of esters is 2. The van der Waals surface area contributed by atoms with E-state index < -0.39 is 5.41 Å². The molecule has 0 aliphatic heterocycles. The average molecular weight is 897 g/mol. The number of fused-ring (bicyclic) bond motifs is 4. The van der Waals surface area contributed by atoms with Gasteiger partial charge in [0, 0.05) is 33.5 Å². The second-order valence-electron chi connectivity index (χ2n) is 20.4. The maximum Gasteiger partial charge on any atom is 0.302 e. The maximum absolute atomic E-state index is 11.1. The van der Waals surface area contributed by atoms with Gasteiger partial charge >= 0.3 is 11.9 Å². The molecule has 8 rings (SSSR count). The van der Waals surface area contributed by atoms with E-state index in [1.165, 1.54) is 98.2 Å². The smallest absolute Gasteiger partial charge is 0.302 e. The molecule has 0 saturated heterocycles. The van der Waals surface area contributed by atoms with E-state index in [0.29, 0.717) is 43.2 Å². The zero-order chi connectivity index (χ0) is 47.0. The minimum atomic E-state index is -0.544. The molecule has 0 aromatic heterocycles. The van der Waals surface area contributed by atoms with E-state index in [9.17, 15) is 9.59 Å². The van der Waals surface area contributed by atoms with Gasteiger partial charge in [0.25, 0.3) is 0 Å². The first kappa shape index (κ1) is 48.7. The van der Waals surface area contributed by atoms with Crippen LogP contribution in [-0.4, -0.2) is 65.8 Å². The molecule has 66 heavy (non-hydrogen) atoms. The number of methoxy groups -OCH3 is 2. The van der Waals surface area contributed by atoms with Crippen LogP contribution >= 0.6 is 0 Å². The molecule has 8 nitrogen and oxygen atoms in total. The van der Waals surface area contributed by atoms with Crippen LogP contribution < -0.4 is 9.47 Å². The third kappa shape index (κ3) is 10.8. The highest BCUT2D eigenvalue weighted by atomic mass is 16.6. The van der Waals surface area contributed by atoms with Crippen molar-refractivity contribution in [2.75, 3.05) is 53.9 Å². The first-order chi connectivity index (χ1) is 31.7. The standard InChI is InChI=1S/C36H32O5.C22H40O3/c1-25(37)39-21-22-41-31-17-13-29(14-18-31)36(28-11-15-30(16-12-28)40-20-19-38-2)34-10-6-5-9-32(34)33-23-26-7-3-4-8-27(26)24-35(33)36;1-17(23)25-16-21(4,5)19-9-13-22(14-10-19)11-7-18(8-12-22)20(2,3)15-24-6/h3-18,23-24H,19-22H2,1-2H3;18-19H,7-16H2,1-6H3. The van der Waals surface area contributed by atoms with Gasteiger partial charge in [0.15, 0.2) is 0 Å². The highest BCUT2D eigenvalue weighted by molar-refractivity contribution is 5.95. The van der Waals surface area contributed by atoms with Crippen molar-refractivity contribution in [3.05, 3.63) is 131 Å². The van der Waals surface area contributed by atoms with Crippen molar-refractivity contribution in [3.63, 3.8) is 0 Å². The molecule has 2 saturated carbocycles. The number of hydrogen-bond acceptors (Lipinski definition) is 8. The van der Waals surface area contributed by atoms with Crippen molar-refractivity contribution in [1.29, 1.82) is 0 Å². The van der Waals surface area contributed by atoms with Crippen molar-refractivity contribution < 1.29 is 38.0 Å². The number of carbonyl (C=O) groups excluding carboxylic acids is 2. The first-order valence-corrected chi connectivity index (χ1v) is 24.1. The van der Waals surface area contributed by atoms with Crippen LogP contribution in [0.25, 0.3) is 21.9 Å². The Morgan fingerprint density at radius 3 is 1.53 bits per heavy atom. The minimum absolute atomic E-state index is 0.102. The molecule has 0 heterocycles. The van der Waals surface area contributed by atoms with E-state index in [0.717, 1.165) is 35.2 Å². The summed E-state index contributed by atoms with van der Waals surface area (Å²) >= 11 is 0. The van der Waals surface area contributed by atoms with Crippen LogP contribution in [0.5, 0.6) is 11.5 Å². The molecule has 0 bridgehead atoms. The van der Waals surface area contributed by atoms with Gasteiger partial charge in [-0.25, -0.2) is 0 Å². The van der Waals surface area contributed by atoms with Crippen LogP contribution in [0, 0.1) is 28.1 Å². The summed E-state index contributed by atoms with van der Waals surface area (Å²) in [4.78, 5) is 22.2. The molecule has 352 valence electrons. The lowest BCUT2D eigenvalue weighted by Crippen LogP contribution is -2.40. The Morgan fingerprint density at radius 1 is 0.530 bits per heavy atom. The number of benzene rings is 5. The minimum Gasteiger partial charge on any atom is -0.491 e. The number of ether oxygens (including phenoxy) is 6. The van der Waals surface area contributed by atoms with E-state index in [2.05, 4.69) is 113 Å². The van der Waals surface area contributed by atoms with Gasteiger partial charge in [-0.05, 0) is 155 Å². The molecule has 5 aromatic carbocycles. The fourth-order valence-corrected chi connectivity index (χ4v) is 11.4. The summed E-state index contributed by atoms with van der Waals surface area (Å²) in [6.07, 6.45) is 10.8. The molecule has 3 aliphatic carbocycles. The van der Waals surface area contributed by atoms with Crippen molar-refractivity contribution in [3.8, 4) is 22.6 Å². The van der Waals surface area contributed by atoms with Crippen LogP contribution in [0.1, 0.15) is 115 Å². The lowest BCUT2D eigenvalue weighted by Gasteiger charge is -2.50. The number of carbonyl (C=O) groups is 2. The highest BCUT2D eigenvalue weighted by Gasteiger charge is 2.47. The van der Waals surface area contributed by atoms with Gasteiger partial charge in [-0.2, -0.15) is 0 Å². The van der Waals surface area contributed by atoms with Crippen LogP contribution in [-0.2, 0) is 34.0 Å². The van der Waals surface area contributed by atoms with E-state index in [1.807, 2.05) is 31.4 Å². The highest BCUT2D eigenvalue weighted by Crippen LogP contribution is 2.58. The van der Waals surface area contributed by atoms with Gasteiger partial charge in [-0.15, -0.1) is 0 Å². The topological polar surface area (TPSA) is 89.5 Å². The second-order valence-corrected chi connectivity index (χ2v) is 20.4. The predicted molar refractivity (Wildman–Crippen MR) is 263 cm³/mol. The molecule has 1 unspecified atom stereocenters. The summed E-state index contributed by atoms with van der Waals surface area (Å²) in [6.45, 7) is 15.2. The Hall–Kier alpha value is -5.18. The first-order valence-electron chi connectivity index (χ1n) is 24.1. The van der Waals surface area contributed by atoms with Crippen LogP contribution in [0.4, 0.5) is 0 Å². The van der Waals surface area contributed by atoms with Gasteiger partial charge in [0.1, 0.15) is 31.3 Å². The van der Waals surface area contributed by atoms with Crippen molar-refractivity contribution in [1.82, 2.24) is 0 Å². The van der Waals surface area contributed by atoms with Crippen LogP contribution in [0.15, 0.2) is 109 Å². The molecule has 0 amide bonds. The van der Waals surface area contributed by atoms with Gasteiger partial charge in [-0.1, -0.05) is 100 Å². The summed E-state index contributed by atoms with van der Waals surface area (Å²) < 4.78 is 32.7. The molecule has 5 aromatic rings. The van der Waals surface area contributed by atoms with Crippen LogP contribution in [0.2, 0.25) is 0 Å². The Bertz CT molecular complexity index is 2380. The van der Waals surface area contributed by atoms with Gasteiger partial charge in [-0.3, -0.25) is 9.59 Å². The Balaban J connectivity index is 0.000000223. The molecule has 8 heteroatoms. The van der Waals surface area contributed by atoms with Crippen molar-refractivity contribution >= 4 is 22.7 Å². The molecular formula is C58H72O8. The molecule has 1 atom stereocenters. The fraction of sp³-hybridized carbons (Fsp3) is 0.483. The molecule has 1 spiro atoms. The molecule has 0 N–H and O–H groups in total. The van der Waals surface area contributed by atoms with E-state index in [-0.39, 0.29) is 24.0 Å². The van der Waals surface area contributed by atoms with Crippen molar-refractivity contribution in [2.24, 2.45) is 28.1 Å². The summed E-state index contributed by atoms with van der Waals surface area (Å²) in [5.41, 5.74) is 7.70. The zero-order valence-corrected chi connectivity index (χ0v) is 40.7. The normalized spacial score (nSPS) is 21.3. The molecular weight excluding hydrogens is 825 g/mol. The van der Waals surface area contributed by atoms with E-state index in [1.54, 1.807) is 7.11 Å². The monoisotopic (exact) mass is 897 g/mol. The SMILES string of the molecule is COCC(C)(C)C1CCC2(CC1)CCC(C(C)(C)COC(C)=O)CC2.COCCOc1ccc(C2(c3ccc(OCCOC(C)=O)cc3)c3ccccc3-c3cc4ccccc4cc32)cc1. The quantitative estimate of drug-likeness (QED) is 0.0701. The van der Waals surface area contributed by atoms with Gasteiger partial charge in [0.2, 0.25) is 0 Å². The zero-order valence-electron chi connectivity index (χ0n) is 40.7. The summed E-state index contributed by atoms with van der Waals surface area (Å²) in [7, 11) is 3.50. The summed E-state index contributed by atoms with van der Waals surface area (Å²) in [5.74, 6) is 2.55. The average Bonchev–Trinajstić information content (AvgIpc) is 3.59. The van der Waals surface area contributed by atoms with Gasteiger partial charge in [0.05, 0.1) is 25.2 Å². The van der Waals surface area contributed by atoms with Crippen LogP contribution in [0.3, 0.4) is 0 Å². The Morgan fingerprint density at radius 2 is 1.02 bits per heavy atom. The third-order valence-electron chi connectivity index (χ3n) is 15.2. The third-order valence-corrected chi connectivity index (χ3v) is 15.2. The number of rotatable bonds is 16. The molecule has 2 fully saturated rings. The summed E-state index contributed by atoms with van der Waals surface area (Å²) in [6, 6.07) is 38.6. The fourth-order valence-electron chi connectivity index (χ4n) is 11.4. The Labute approximate surface area is 393 Å². The predicted octanol–water partition coefficient (Wildman–Crippen LogP) is 12.8. The maximum atomic E-state index is 11.1. The second kappa shape index (κ2) is 21.2.